The number of rotatable bonds is 6. The summed E-state index contributed by atoms with van der Waals surface area (Å²) in [6.45, 7) is 1.30. The van der Waals surface area contributed by atoms with Crippen LogP contribution in [0.15, 0.2) is 78.0 Å². The SMILES string of the molecule is O=C(NC1CCN(S(=O)(=O)c2ccccc2)CC1)c1cnn2ccc(N3CCC[C@@H]3c3cc(F)ccc3F)cc12. The lowest BCUT2D eigenvalue weighted by atomic mass is 10.0. The Morgan fingerprint density at radius 3 is 2.50 bits per heavy atom. The van der Waals surface area contributed by atoms with Gasteiger partial charge in [0.25, 0.3) is 5.91 Å². The molecule has 0 unspecified atom stereocenters. The highest BCUT2D eigenvalue weighted by Crippen LogP contribution is 2.38. The molecule has 11 heteroatoms. The van der Waals surface area contributed by atoms with Gasteiger partial charge in [0.2, 0.25) is 10.0 Å². The summed E-state index contributed by atoms with van der Waals surface area (Å²) in [7, 11) is -3.57. The van der Waals surface area contributed by atoms with Gasteiger partial charge in [-0.25, -0.2) is 21.7 Å². The van der Waals surface area contributed by atoms with Gasteiger partial charge in [0.1, 0.15) is 11.6 Å². The molecule has 0 spiro atoms. The monoisotopic (exact) mass is 565 g/mol. The minimum atomic E-state index is -3.57. The fourth-order valence-electron chi connectivity index (χ4n) is 5.74. The molecule has 4 heterocycles. The second kappa shape index (κ2) is 10.6. The van der Waals surface area contributed by atoms with Crippen molar-refractivity contribution >= 4 is 27.1 Å². The van der Waals surface area contributed by atoms with E-state index in [2.05, 4.69) is 10.4 Å². The summed E-state index contributed by atoms with van der Waals surface area (Å²) in [4.78, 5) is 15.6. The molecule has 8 nitrogen and oxygen atoms in total. The van der Waals surface area contributed by atoms with Crippen molar-refractivity contribution in [3.63, 3.8) is 0 Å². The minimum absolute atomic E-state index is 0.174. The van der Waals surface area contributed by atoms with Crippen molar-refractivity contribution in [1.82, 2.24) is 19.2 Å². The average Bonchev–Trinajstić information content (AvgIpc) is 3.62. The highest BCUT2D eigenvalue weighted by atomic mass is 32.2. The first kappa shape index (κ1) is 26.4. The fourth-order valence-corrected chi connectivity index (χ4v) is 7.23. The van der Waals surface area contributed by atoms with E-state index in [0.29, 0.717) is 55.5 Å². The zero-order valence-corrected chi connectivity index (χ0v) is 22.5. The molecule has 0 radical (unpaired) electrons. The normalized spacial score (nSPS) is 18.9. The molecule has 6 rings (SSSR count). The van der Waals surface area contributed by atoms with Gasteiger partial charge >= 0.3 is 0 Å². The van der Waals surface area contributed by atoms with Crippen LogP contribution in [-0.2, 0) is 10.0 Å². The lowest BCUT2D eigenvalue weighted by molar-refractivity contribution is 0.0925. The average molecular weight is 566 g/mol. The Morgan fingerprint density at radius 1 is 0.950 bits per heavy atom. The standard InChI is InChI=1S/C29H29F2N5O3S/c30-20-8-9-26(31)24(17-20)27-7-4-13-35(27)22-12-16-36-28(18-22)25(19-32-36)29(37)33-21-10-14-34(15-11-21)40(38,39)23-5-2-1-3-6-23/h1-3,5-6,8-9,12,16-19,21,27H,4,7,10-11,13-15H2,(H,33,37)/t27-/m1/s1. The maximum Gasteiger partial charge on any atom is 0.255 e. The van der Waals surface area contributed by atoms with Crippen molar-refractivity contribution in [3.8, 4) is 0 Å². The van der Waals surface area contributed by atoms with E-state index in [9.17, 15) is 22.0 Å². The van der Waals surface area contributed by atoms with Crippen LogP contribution >= 0.6 is 0 Å². The van der Waals surface area contributed by atoms with Crippen molar-refractivity contribution in [2.75, 3.05) is 24.5 Å². The van der Waals surface area contributed by atoms with Crippen molar-refractivity contribution in [1.29, 1.82) is 0 Å². The molecule has 208 valence electrons. The number of hydrogen-bond donors (Lipinski definition) is 1. The van der Waals surface area contributed by atoms with Crippen LogP contribution in [0, 0.1) is 11.6 Å². The van der Waals surface area contributed by atoms with Crippen molar-refractivity contribution in [2.45, 2.75) is 42.7 Å². The summed E-state index contributed by atoms with van der Waals surface area (Å²) >= 11 is 0. The zero-order valence-electron chi connectivity index (χ0n) is 21.7. The van der Waals surface area contributed by atoms with Crippen LogP contribution in [0.2, 0.25) is 0 Å². The molecule has 0 bridgehead atoms. The van der Waals surface area contributed by atoms with Crippen LogP contribution < -0.4 is 10.2 Å². The molecule has 1 atom stereocenters. The number of nitrogens with zero attached hydrogens (tertiary/aromatic N) is 4. The topological polar surface area (TPSA) is 87.0 Å². The highest BCUT2D eigenvalue weighted by Gasteiger charge is 2.31. The van der Waals surface area contributed by atoms with Gasteiger partial charge in [-0.2, -0.15) is 9.40 Å². The Balaban J connectivity index is 1.17. The summed E-state index contributed by atoms with van der Waals surface area (Å²) in [6, 6.07) is 15.1. The molecule has 2 aliphatic rings. The second-order valence-electron chi connectivity index (χ2n) is 10.3. The third-order valence-electron chi connectivity index (χ3n) is 7.82. The summed E-state index contributed by atoms with van der Waals surface area (Å²) in [5, 5.41) is 7.37. The second-order valence-corrected chi connectivity index (χ2v) is 12.2. The van der Waals surface area contributed by atoms with E-state index in [1.807, 2.05) is 17.0 Å². The van der Waals surface area contributed by atoms with Gasteiger partial charge in [0.15, 0.2) is 0 Å². The number of carbonyl (C=O) groups is 1. The van der Waals surface area contributed by atoms with Gasteiger partial charge in [0, 0.05) is 43.1 Å². The Kier molecular flexibility index (Phi) is 7.01. The molecule has 2 aliphatic heterocycles. The van der Waals surface area contributed by atoms with Crippen LogP contribution in [0.3, 0.4) is 0 Å². The lowest BCUT2D eigenvalue weighted by Crippen LogP contribution is -2.46. The number of carbonyl (C=O) groups excluding carboxylic acids is 1. The molecule has 1 amide bonds. The number of piperidine rings is 1. The number of fused-ring (bicyclic) bond motifs is 1. The molecule has 2 saturated heterocycles. The molecule has 2 fully saturated rings. The van der Waals surface area contributed by atoms with E-state index in [0.717, 1.165) is 24.2 Å². The van der Waals surface area contributed by atoms with Gasteiger partial charge in [-0.05, 0) is 68.1 Å². The van der Waals surface area contributed by atoms with E-state index >= 15 is 0 Å². The molecule has 0 aliphatic carbocycles. The Hall–Kier alpha value is -3.83. The molecule has 1 N–H and O–H groups in total. The van der Waals surface area contributed by atoms with E-state index in [1.165, 1.54) is 16.6 Å². The molecule has 40 heavy (non-hydrogen) atoms. The molecule has 2 aromatic heterocycles. The number of benzene rings is 2. The van der Waals surface area contributed by atoms with Gasteiger partial charge in [0.05, 0.1) is 28.2 Å². The summed E-state index contributed by atoms with van der Waals surface area (Å²) in [6.07, 6.45) is 5.78. The molecule has 4 aromatic rings. The first-order chi connectivity index (χ1) is 19.3. The number of hydrogen-bond acceptors (Lipinski definition) is 5. The van der Waals surface area contributed by atoms with Crippen molar-refractivity contribution in [2.24, 2.45) is 0 Å². The van der Waals surface area contributed by atoms with E-state index in [4.69, 9.17) is 0 Å². The summed E-state index contributed by atoms with van der Waals surface area (Å²) < 4.78 is 57.4. The molecular weight excluding hydrogens is 536 g/mol. The Bertz CT molecular complexity index is 1650. The maximum atomic E-state index is 14.6. The van der Waals surface area contributed by atoms with E-state index in [1.54, 1.807) is 41.0 Å². The van der Waals surface area contributed by atoms with Crippen LogP contribution in [0.1, 0.15) is 47.6 Å². The van der Waals surface area contributed by atoms with Crippen LogP contribution in [0.25, 0.3) is 5.52 Å². The summed E-state index contributed by atoms with van der Waals surface area (Å²) in [5.41, 5.74) is 2.12. The number of sulfonamides is 1. The molecule has 0 saturated carbocycles. The van der Waals surface area contributed by atoms with Gasteiger partial charge in [-0.3, -0.25) is 4.79 Å². The third-order valence-corrected chi connectivity index (χ3v) is 9.73. The third kappa shape index (κ3) is 4.95. The number of aromatic nitrogens is 2. The maximum absolute atomic E-state index is 14.6. The summed E-state index contributed by atoms with van der Waals surface area (Å²) in [5.74, 6) is -1.20. The first-order valence-corrected chi connectivity index (χ1v) is 14.8. The Labute approximate surface area is 231 Å². The van der Waals surface area contributed by atoms with E-state index in [-0.39, 0.29) is 22.9 Å². The predicted molar refractivity (Wildman–Crippen MR) is 147 cm³/mol. The zero-order chi connectivity index (χ0) is 27.9. The van der Waals surface area contributed by atoms with Crippen molar-refractivity contribution < 1.29 is 22.0 Å². The van der Waals surface area contributed by atoms with E-state index < -0.39 is 21.7 Å². The molecule has 2 aromatic carbocycles. The van der Waals surface area contributed by atoms with Gasteiger partial charge < -0.3 is 10.2 Å². The van der Waals surface area contributed by atoms with Gasteiger partial charge in [-0.15, -0.1) is 0 Å². The van der Waals surface area contributed by atoms with Crippen LogP contribution in [0.4, 0.5) is 14.5 Å². The van der Waals surface area contributed by atoms with Gasteiger partial charge in [-0.1, -0.05) is 18.2 Å². The predicted octanol–water partition coefficient (Wildman–Crippen LogP) is 4.54. The first-order valence-electron chi connectivity index (χ1n) is 13.4. The quantitative estimate of drug-likeness (QED) is 0.371. The lowest BCUT2D eigenvalue weighted by Gasteiger charge is -2.31. The number of anilines is 1. The number of amides is 1. The largest absolute Gasteiger partial charge is 0.364 e. The number of nitrogens with one attached hydrogen (secondary N) is 1. The highest BCUT2D eigenvalue weighted by molar-refractivity contribution is 7.89. The number of halogens is 2. The molecular formula is C29H29F2N5O3S. The fraction of sp³-hybridized carbons (Fsp3) is 0.310. The van der Waals surface area contributed by atoms with Crippen LogP contribution in [-0.4, -0.2) is 53.9 Å². The smallest absolute Gasteiger partial charge is 0.255 e. The van der Waals surface area contributed by atoms with Crippen molar-refractivity contribution in [3.05, 3.63) is 95.8 Å². The number of pyridine rings is 1. The van der Waals surface area contributed by atoms with Crippen LogP contribution in [0.5, 0.6) is 0 Å². The minimum Gasteiger partial charge on any atom is -0.364 e. The Morgan fingerprint density at radius 2 is 1.73 bits per heavy atom.